The first kappa shape index (κ1) is 16.7. The molecule has 4 rings (SSSR count). The lowest BCUT2D eigenvalue weighted by molar-refractivity contribution is 0.0409. The number of rotatable bonds is 4. The number of fused-ring (bicyclic) bond motifs is 1. The van der Waals surface area contributed by atoms with Gasteiger partial charge in [-0.1, -0.05) is 54.6 Å². The number of aromatic nitrogens is 1. The molecule has 1 aromatic heterocycles. The second-order valence-corrected chi connectivity index (χ2v) is 6.99. The molecule has 2 heterocycles. The highest BCUT2D eigenvalue weighted by atomic mass is 16.3. The summed E-state index contributed by atoms with van der Waals surface area (Å²) in [4.78, 5) is 19.6. The Kier molecular flexibility index (Phi) is 4.43. The minimum absolute atomic E-state index is 0.0433. The van der Waals surface area contributed by atoms with Crippen molar-refractivity contribution in [3.05, 3.63) is 78.1 Å². The number of benzene rings is 2. The van der Waals surface area contributed by atoms with Gasteiger partial charge in [-0.05, 0) is 36.3 Å². The number of aliphatic hydroxyl groups excluding tert-OH is 1. The summed E-state index contributed by atoms with van der Waals surface area (Å²) in [6.45, 7) is 0.607. The van der Waals surface area contributed by atoms with Crippen molar-refractivity contribution >= 4 is 16.7 Å². The van der Waals surface area contributed by atoms with Crippen LogP contribution in [0, 0.1) is 0 Å². The molecule has 0 spiro atoms. The van der Waals surface area contributed by atoms with Gasteiger partial charge < -0.3 is 10.0 Å². The van der Waals surface area contributed by atoms with E-state index in [1.165, 1.54) is 0 Å². The lowest BCUT2D eigenvalue weighted by Gasteiger charge is -2.37. The number of likely N-dealkylation sites (tertiary alicyclic amines) is 1. The van der Waals surface area contributed by atoms with Crippen LogP contribution in [0.5, 0.6) is 0 Å². The molecule has 1 aliphatic heterocycles. The van der Waals surface area contributed by atoms with Gasteiger partial charge in [0.15, 0.2) is 0 Å². The van der Waals surface area contributed by atoms with E-state index in [0.717, 1.165) is 29.2 Å². The van der Waals surface area contributed by atoms with E-state index in [9.17, 15) is 9.90 Å². The van der Waals surface area contributed by atoms with Crippen LogP contribution in [0.1, 0.15) is 28.9 Å². The highest BCUT2D eigenvalue weighted by molar-refractivity contribution is 6.05. The molecule has 4 nitrogen and oxygen atoms in total. The summed E-state index contributed by atoms with van der Waals surface area (Å²) in [6, 6.07) is 19.8. The summed E-state index contributed by atoms with van der Waals surface area (Å²) in [6.07, 6.45) is 4.03. The van der Waals surface area contributed by atoms with Crippen LogP contribution in [0.3, 0.4) is 0 Å². The van der Waals surface area contributed by atoms with Crippen LogP contribution in [0.2, 0.25) is 0 Å². The number of pyridine rings is 1. The van der Waals surface area contributed by atoms with Gasteiger partial charge in [0.25, 0.3) is 5.91 Å². The molecule has 1 unspecified atom stereocenters. The molecule has 2 aromatic carbocycles. The molecule has 0 aliphatic carbocycles. The molecule has 132 valence electrons. The predicted octanol–water partition coefficient (Wildman–Crippen LogP) is 3.44. The predicted molar refractivity (Wildman–Crippen MR) is 102 cm³/mol. The average molecular weight is 346 g/mol. The fourth-order valence-corrected chi connectivity index (χ4v) is 4.05. The molecule has 3 aromatic rings. The van der Waals surface area contributed by atoms with Gasteiger partial charge in [0, 0.05) is 18.1 Å². The summed E-state index contributed by atoms with van der Waals surface area (Å²) >= 11 is 0. The summed E-state index contributed by atoms with van der Waals surface area (Å²) < 4.78 is 0. The Bertz CT molecular complexity index is 920. The molecule has 1 atom stereocenters. The maximum absolute atomic E-state index is 13.4. The fourth-order valence-electron chi connectivity index (χ4n) is 4.05. The second-order valence-electron chi connectivity index (χ2n) is 6.99. The van der Waals surface area contributed by atoms with Gasteiger partial charge in [0.1, 0.15) is 5.69 Å². The van der Waals surface area contributed by atoms with Crippen LogP contribution < -0.4 is 0 Å². The molecule has 0 radical (unpaired) electrons. The van der Waals surface area contributed by atoms with Crippen LogP contribution in [0.25, 0.3) is 10.8 Å². The number of amides is 1. The largest absolute Gasteiger partial charge is 0.394 e. The van der Waals surface area contributed by atoms with E-state index in [1.54, 1.807) is 6.20 Å². The maximum atomic E-state index is 13.4. The normalized spacial score (nSPS) is 19.8. The van der Waals surface area contributed by atoms with Crippen LogP contribution in [-0.2, 0) is 6.42 Å². The van der Waals surface area contributed by atoms with Gasteiger partial charge in [0.2, 0.25) is 0 Å². The zero-order valence-corrected chi connectivity index (χ0v) is 14.6. The first-order valence-electron chi connectivity index (χ1n) is 9.04. The molecule has 0 saturated carbocycles. The smallest absolute Gasteiger partial charge is 0.273 e. The lowest BCUT2D eigenvalue weighted by Crippen LogP contribution is -2.51. The number of nitrogens with zero attached hydrogens (tertiary/aromatic N) is 2. The van der Waals surface area contributed by atoms with Crippen molar-refractivity contribution in [3.8, 4) is 0 Å². The van der Waals surface area contributed by atoms with Crippen LogP contribution >= 0.6 is 0 Å². The van der Waals surface area contributed by atoms with Crippen molar-refractivity contribution in [1.82, 2.24) is 9.88 Å². The number of carbonyl (C=O) groups is 1. The summed E-state index contributed by atoms with van der Waals surface area (Å²) in [5, 5.41) is 12.1. The van der Waals surface area contributed by atoms with Crippen molar-refractivity contribution in [2.75, 3.05) is 13.2 Å². The zero-order chi connectivity index (χ0) is 18.0. The second kappa shape index (κ2) is 6.89. The van der Waals surface area contributed by atoms with Crippen molar-refractivity contribution < 1.29 is 9.90 Å². The van der Waals surface area contributed by atoms with Gasteiger partial charge in [-0.2, -0.15) is 0 Å². The summed E-state index contributed by atoms with van der Waals surface area (Å²) in [5.41, 5.74) is 1.04. The summed E-state index contributed by atoms with van der Waals surface area (Å²) in [7, 11) is 0. The van der Waals surface area contributed by atoms with Crippen LogP contribution in [-0.4, -0.2) is 39.6 Å². The Hall–Kier alpha value is -2.72. The van der Waals surface area contributed by atoms with E-state index in [4.69, 9.17) is 0 Å². The highest BCUT2D eigenvalue weighted by Gasteiger charge is 2.44. The maximum Gasteiger partial charge on any atom is 0.273 e. The third kappa shape index (κ3) is 2.86. The standard InChI is InChI=1S/C22H22N2O2/c25-16-22(15-17-7-2-1-3-8-17)12-6-14-24(22)21(26)20-19-10-5-4-9-18(19)11-13-23-20/h1-5,7-11,13,25H,6,12,14-16H2. The number of hydrogen-bond acceptors (Lipinski definition) is 3. The van der Waals surface area contributed by atoms with Gasteiger partial charge >= 0.3 is 0 Å². The Balaban J connectivity index is 1.71. The third-order valence-electron chi connectivity index (χ3n) is 5.39. The summed E-state index contributed by atoms with van der Waals surface area (Å²) in [5.74, 6) is -0.0933. The molecule has 1 saturated heterocycles. The average Bonchev–Trinajstić information content (AvgIpc) is 3.11. The van der Waals surface area contributed by atoms with Crippen molar-refractivity contribution in [2.45, 2.75) is 24.8 Å². The van der Waals surface area contributed by atoms with Gasteiger partial charge in [0.05, 0.1) is 12.1 Å². The van der Waals surface area contributed by atoms with E-state index in [2.05, 4.69) is 17.1 Å². The van der Waals surface area contributed by atoms with E-state index < -0.39 is 5.54 Å². The lowest BCUT2D eigenvalue weighted by atomic mass is 9.88. The highest BCUT2D eigenvalue weighted by Crippen LogP contribution is 2.34. The number of carbonyl (C=O) groups excluding carboxylic acids is 1. The van der Waals surface area contributed by atoms with Gasteiger partial charge in [-0.15, -0.1) is 0 Å². The van der Waals surface area contributed by atoms with E-state index in [1.807, 2.05) is 53.4 Å². The quantitative estimate of drug-likeness (QED) is 0.787. The molecule has 0 bridgehead atoms. The SMILES string of the molecule is O=C(c1nccc2ccccc12)N1CCCC1(CO)Cc1ccccc1. The molecule has 4 heteroatoms. The Morgan fingerprint density at radius 2 is 1.85 bits per heavy atom. The minimum Gasteiger partial charge on any atom is -0.394 e. The first-order valence-corrected chi connectivity index (χ1v) is 9.04. The third-order valence-corrected chi connectivity index (χ3v) is 5.39. The van der Waals surface area contributed by atoms with Crippen LogP contribution in [0.15, 0.2) is 66.9 Å². The molecule has 26 heavy (non-hydrogen) atoms. The zero-order valence-electron chi connectivity index (χ0n) is 14.6. The molecular weight excluding hydrogens is 324 g/mol. The first-order chi connectivity index (χ1) is 12.7. The van der Waals surface area contributed by atoms with Gasteiger partial charge in [-0.3, -0.25) is 9.78 Å². The van der Waals surface area contributed by atoms with E-state index in [0.29, 0.717) is 18.7 Å². The van der Waals surface area contributed by atoms with E-state index >= 15 is 0 Å². The molecule has 1 aliphatic rings. The van der Waals surface area contributed by atoms with Crippen molar-refractivity contribution in [1.29, 1.82) is 0 Å². The number of hydrogen-bond donors (Lipinski definition) is 1. The fraction of sp³-hybridized carbons (Fsp3) is 0.273. The molecule has 1 fully saturated rings. The van der Waals surface area contributed by atoms with Crippen molar-refractivity contribution in [3.63, 3.8) is 0 Å². The van der Waals surface area contributed by atoms with Crippen LogP contribution in [0.4, 0.5) is 0 Å². The molecular formula is C22H22N2O2. The Morgan fingerprint density at radius 1 is 1.08 bits per heavy atom. The van der Waals surface area contributed by atoms with Gasteiger partial charge in [-0.25, -0.2) is 0 Å². The Labute approximate surface area is 153 Å². The monoisotopic (exact) mass is 346 g/mol. The van der Waals surface area contributed by atoms with E-state index in [-0.39, 0.29) is 12.5 Å². The molecule has 1 amide bonds. The minimum atomic E-state index is -0.558. The Morgan fingerprint density at radius 3 is 2.65 bits per heavy atom. The topological polar surface area (TPSA) is 53.4 Å². The number of aliphatic hydroxyl groups is 1. The molecule has 1 N–H and O–H groups in total. The van der Waals surface area contributed by atoms with Crippen molar-refractivity contribution in [2.24, 2.45) is 0 Å².